The van der Waals surface area contributed by atoms with Crippen LogP contribution in [-0.4, -0.2) is 48.0 Å². The van der Waals surface area contributed by atoms with Gasteiger partial charge in [-0.1, -0.05) is 13.8 Å². The molecule has 2 aromatic heterocycles. The predicted molar refractivity (Wildman–Crippen MR) is 116 cm³/mol. The van der Waals surface area contributed by atoms with Gasteiger partial charge in [-0.15, -0.1) is 0 Å². The van der Waals surface area contributed by atoms with Crippen molar-refractivity contribution >= 4 is 23.5 Å². The highest BCUT2D eigenvalue weighted by Gasteiger charge is 2.34. The molecule has 3 rings (SSSR count). The minimum Gasteiger partial charge on any atom is -0.493 e. The summed E-state index contributed by atoms with van der Waals surface area (Å²) in [6.45, 7) is 6.09. The van der Waals surface area contributed by atoms with Crippen molar-refractivity contribution in [3.63, 3.8) is 0 Å². The second-order valence-electron chi connectivity index (χ2n) is 8.18. The molecule has 0 unspecified atom stereocenters. The Labute approximate surface area is 189 Å². The van der Waals surface area contributed by atoms with Crippen molar-refractivity contribution in [1.29, 1.82) is 0 Å². The third-order valence-corrected chi connectivity index (χ3v) is 5.19. The van der Waals surface area contributed by atoms with E-state index < -0.39 is 11.7 Å². The number of rotatable bonds is 6. The monoisotopic (exact) mass is 465 g/mol. The number of pyridine rings is 2. The molecule has 0 radical (unpaired) electrons. The van der Waals surface area contributed by atoms with E-state index in [9.17, 15) is 22.8 Å². The second kappa shape index (κ2) is 9.63. The maximum atomic E-state index is 13.0. The quantitative estimate of drug-likeness (QED) is 0.679. The van der Waals surface area contributed by atoms with E-state index in [1.165, 1.54) is 13.2 Å². The van der Waals surface area contributed by atoms with Crippen molar-refractivity contribution < 1.29 is 27.5 Å². The van der Waals surface area contributed by atoms with Gasteiger partial charge in [0.25, 0.3) is 5.91 Å². The number of halogens is 3. The first-order valence-electron chi connectivity index (χ1n) is 10.4. The first kappa shape index (κ1) is 24.3. The zero-order valence-corrected chi connectivity index (χ0v) is 18.8. The highest BCUT2D eigenvalue weighted by molar-refractivity contribution is 5.97. The number of methoxy groups -OCH3 is 1. The summed E-state index contributed by atoms with van der Waals surface area (Å²) in [5, 5.41) is 5.62. The van der Waals surface area contributed by atoms with Gasteiger partial charge >= 0.3 is 6.18 Å². The largest absolute Gasteiger partial charge is 0.493 e. The third kappa shape index (κ3) is 5.91. The fourth-order valence-corrected chi connectivity index (χ4v) is 3.45. The molecular formula is C22H26F3N5O3. The number of carbonyl (C=O) groups excluding carboxylic acids is 2. The van der Waals surface area contributed by atoms with Gasteiger partial charge in [-0.2, -0.15) is 13.2 Å². The van der Waals surface area contributed by atoms with Crippen molar-refractivity contribution in [1.82, 2.24) is 15.3 Å². The molecule has 1 saturated heterocycles. The van der Waals surface area contributed by atoms with Gasteiger partial charge in [0.15, 0.2) is 11.6 Å². The molecule has 0 spiro atoms. The van der Waals surface area contributed by atoms with Gasteiger partial charge in [-0.05, 0) is 31.5 Å². The topological polar surface area (TPSA) is 96.4 Å². The number of amides is 2. The van der Waals surface area contributed by atoms with E-state index in [4.69, 9.17) is 4.74 Å². The number of aromatic nitrogens is 2. The van der Waals surface area contributed by atoms with Crippen LogP contribution in [0, 0.1) is 12.8 Å². The van der Waals surface area contributed by atoms with Crippen molar-refractivity contribution in [3.8, 4) is 5.75 Å². The lowest BCUT2D eigenvalue weighted by Gasteiger charge is -2.21. The number of hydrogen-bond donors (Lipinski definition) is 2. The lowest BCUT2D eigenvalue weighted by Crippen LogP contribution is -2.37. The number of nitrogens with zero attached hydrogens (tertiary/aromatic N) is 3. The summed E-state index contributed by atoms with van der Waals surface area (Å²) >= 11 is 0. The van der Waals surface area contributed by atoms with Crippen LogP contribution in [0.25, 0.3) is 0 Å². The van der Waals surface area contributed by atoms with Gasteiger partial charge in [0.2, 0.25) is 5.91 Å². The van der Waals surface area contributed by atoms with Crippen molar-refractivity contribution in [2.75, 3.05) is 30.4 Å². The van der Waals surface area contributed by atoms with Crippen molar-refractivity contribution in [2.45, 2.75) is 39.4 Å². The van der Waals surface area contributed by atoms with Gasteiger partial charge in [0.05, 0.1) is 12.7 Å². The van der Waals surface area contributed by atoms with Crippen LogP contribution in [0.1, 0.15) is 41.9 Å². The van der Waals surface area contributed by atoms with Crippen molar-refractivity contribution in [2.24, 2.45) is 5.92 Å². The summed E-state index contributed by atoms with van der Waals surface area (Å²) in [4.78, 5) is 34.7. The molecule has 0 saturated carbocycles. The predicted octanol–water partition coefficient (Wildman–Crippen LogP) is 3.42. The summed E-state index contributed by atoms with van der Waals surface area (Å²) in [6.07, 6.45) is -3.16. The lowest BCUT2D eigenvalue weighted by atomic mass is 10.1. The van der Waals surface area contributed by atoms with Gasteiger partial charge in [-0.3, -0.25) is 9.59 Å². The van der Waals surface area contributed by atoms with Crippen LogP contribution in [-0.2, 0) is 11.0 Å². The SMILES string of the molecule is COc1cc(C(F)(F)F)cnc1N1CC[C@@H](NC(=O)c2cc(C)nc(NC(=O)C(C)C)c2)C1. The molecule has 8 nitrogen and oxygen atoms in total. The van der Waals surface area contributed by atoms with Gasteiger partial charge in [0, 0.05) is 42.5 Å². The number of alkyl halides is 3. The molecule has 1 atom stereocenters. The molecule has 0 aliphatic carbocycles. The zero-order valence-electron chi connectivity index (χ0n) is 18.8. The first-order valence-corrected chi connectivity index (χ1v) is 10.4. The summed E-state index contributed by atoms with van der Waals surface area (Å²) < 4.78 is 44.0. The standard InChI is InChI=1S/C22H26F3N5O3/c1-12(2)20(31)29-18-8-14(7-13(3)27-18)21(32)28-16-5-6-30(11-16)19-17(33-4)9-15(10-26-19)22(23,24)25/h7-10,12,16H,5-6,11H2,1-4H3,(H,28,32)(H,27,29,31)/t16-/m1/s1. The smallest absolute Gasteiger partial charge is 0.418 e. The van der Waals surface area contributed by atoms with Crippen LogP contribution in [0.4, 0.5) is 24.8 Å². The van der Waals surface area contributed by atoms with Gasteiger partial charge in [-0.25, -0.2) is 9.97 Å². The molecule has 1 fully saturated rings. The van der Waals surface area contributed by atoms with Crippen LogP contribution >= 0.6 is 0 Å². The minimum atomic E-state index is -4.52. The number of ether oxygens (including phenoxy) is 1. The van der Waals surface area contributed by atoms with E-state index in [0.717, 1.165) is 12.3 Å². The highest BCUT2D eigenvalue weighted by Crippen LogP contribution is 2.35. The van der Waals surface area contributed by atoms with E-state index >= 15 is 0 Å². The summed E-state index contributed by atoms with van der Waals surface area (Å²) in [7, 11) is 1.29. The van der Waals surface area contributed by atoms with Gasteiger partial charge in [0.1, 0.15) is 5.82 Å². The Hall–Kier alpha value is -3.37. The zero-order chi connectivity index (χ0) is 24.3. The van der Waals surface area contributed by atoms with Crippen LogP contribution in [0.2, 0.25) is 0 Å². The summed E-state index contributed by atoms with van der Waals surface area (Å²) in [5.74, 6) is -0.160. The van der Waals surface area contributed by atoms with E-state index in [0.29, 0.717) is 42.4 Å². The fourth-order valence-electron chi connectivity index (χ4n) is 3.45. The number of nitrogens with one attached hydrogen (secondary N) is 2. The number of anilines is 2. The average molecular weight is 465 g/mol. The van der Waals surface area contributed by atoms with E-state index in [2.05, 4.69) is 20.6 Å². The van der Waals surface area contributed by atoms with E-state index in [-0.39, 0.29) is 29.5 Å². The van der Waals surface area contributed by atoms with Crippen LogP contribution in [0.5, 0.6) is 5.75 Å². The number of carbonyl (C=O) groups is 2. The molecule has 2 aromatic rings. The minimum absolute atomic E-state index is 0.0205. The maximum Gasteiger partial charge on any atom is 0.418 e. The van der Waals surface area contributed by atoms with E-state index in [1.54, 1.807) is 31.7 Å². The molecule has 2 amide bonds. The number of hydrogen-bond acceptors (Lipinski definition) is 6. The Morgan fingerprint density at radius 1 is 1.24 bits per heavy atom. The van der Waals surface area contributed by atoms with Crippen molar-refractivity contribution in [3.05, 3.63) is 41.2 Å². The summed E-state index contributed by atoms with van der Waals surface area (Å²) in [5.41, 5.74) is 0.0410. The van der Waals surface area contributed by atoms with Crippen LogP contribution in [0.3, 0.4) is 0 Å². The molecule has 3 heterocycles. The maximum absolute atomic E-state index is 13.0. The Bertz CT molecular complexity index is 1040. The highest BCUT2D eigenvalue weighted by atomic mass is 19.4. The molecule has 1 aliphatic heterocycles. The lowest BCUT2D eigenvalue weighted by molar-refractivity contribution is -0.137. The summed E-state index contributed by atoms with van der Waals surface area (Å²) in [6, 6.07) is 3.80. The molecular weight excluding hydrogens is 439 g/mol. The Morgan fingerprint density at radius 3 is 2.61 bits per heavy atom. The molecule has 0 aromatic carbocycles. The Morgan fingerprint density at radius 2 is 1.97 bits per heavy atom. The molecule has 2 N–H and O–H groups in total. The first-order chi connectivity index (χ1) is 15.5. The van der Waals surface area contributed by atoms with Crippen LogP contribution < -0.4 is 20.3 Å². The molecule has 33 heavy (non-hydrogen) atoms. The third-order valence-electron chi connectivity index (χ3n) is 5.19. The molecule has 1 aliphatic rings. The second-order valence-corrected chi connectivity index (χ2v) is 8.18. The normalized spacial score (nSPS) is 16.1. The molecule has 0 bridgehead atoms. The Balaban J connectivity index is 1.69. The Kier molecular flexibility index (Phi) is 7.09. The van der Waals surface area contributed by atoms with Crippen LogP contribution in [0.15, 0.2) is 24.4 Å². The number of aryl methyl sites for hydroxylation is 1. The fraction of sp³-hybridized carbons (Fsp3) is 0.455. The molecule has 178 valence electrons. The molecule has 11 heteroatoms. The van der Waals surface area contributed by atoms with Gasteiger partial charge < -0.3 is 20.3 Å². The van der Waals surface area contributed by atoms with E-state index in [1.807, 2.05) is 0 Å². The average Bonchev–Trinajstić information content (AvgIpc) is 3.20.